The smallest absolute Gasteiger partial charge is 0.251 e. The third kappa shape index (κ3) is 3.96. The van der Waals surface area contributed by atoms with Crippen LogP contribution in [0.1, 0.15) is 59.1 Å². The number of pyridine rings is 1. The molecule has 28 heavy (non-hydrogen) atoms. The number of hydrogen-bond acceptors (Lipinski definition) is 4. The van der Waals surface area contributed by atoms with E-state index in [2.05, 4.69) is 15.6 Å². The van der Waals surface area contributed by atoms with E-state index < -0.39 is 5.41 Å². The second-order valence-electron chi connectivity index (χ2n) is 7.78. The minimum Gasteiger partial charge on any atom is -0.346 e. The van der Waals surface area contributed by atoms with E-state index in [-0.39, 0.29) is 30.1 Å². The zero-order valence-corrected chi connectivity index (χ0v) is 16.6. The predicted molar refractivity (Wildman–Crippen MR) is 106 cm³/mol. The van der Waals surface area contributed by atoms with E-state index in [9.17, 15) is 14.4 Å². The van der Waals surface area contributed by atoms with Crippen molar-refractivity contribution in [3.8, 4) is 0 Å². The minimum atomic E-state index is -0.768. The van der Waals surface area contributed by atoms with Crippen molar-refractivity contribution < 1.29 is 14.4 Å². The van der Waals surface area contributed by atoms with Gasteiger partial charge in [0, 0.05) is 17.7 Å². The first-order valence-corrected chi connectivity index (χ1v) is 9.35. The maximum absolute atomic E-state index is 12.4. The molecule has 6 heteroatoms. The van der Waals surface area contributed by atoms with Crippen molar-refractivity contribution in [2.45, 2.75) is 46.6 Å². The second-order valence-corrected chi connectivity index (χ2v) is 7.78. The monoisotopic (exact) mass is 379 g/mol. The lowest BCUT2D eigenvalue weighted by Crippen LogP contribution is -2.33. The van der Waals surface area contributed by atoms with Crippen LogP contribution in [0.5, 0.6) is 0 Å². The Kier molecular flexibility index (Phi) is 5.31. The van der Waals surface area contributed by atoms with Crippen molar-refractivity contribution in [1.82, 2.24) is 15.6 Å². The average molecular weight is 379 g/mol. The molecule has 0 aliphatic carbocycles. The quantitative estimate of drug-likeness (QED) is 0.782. The summed E-state index contributed by atoms with van der Waals surface area (Å²) < 4.78 is 0. The summed E-state index contributed by atoms with van der Waals surface area (Å²) in [6.45, 7) is 8.02. The molecule has 146 valence electrons. The number of nitrogens with zero attached hydrogens (tertiary/aromatic N) is 1. The first-order valence-electron chi connectivity index (χ1n) is 9.35. The average Bonchev–Trinajstić information content (AvgIpc) is 2.91. The highest BCUT2D eigenvalue weighted by molar-refractivity contribution is 6.06. The topological polar surface area (TPSA) is 88.2 Å². The first-order chi connectivity index (χ1) is 13.2. The summed E-state index contributed by atoms with van der Waals surface area (Å²) in [4.78, 5) is 40.6. The molecule has 0 spiro atoms. The fourth-order valence-corrected chi connectivity index (χ4v) is 3.66. The lowest BCUT2D eigenvalue weighted by molar-refractivity contribution is -0.128. The van der Waals surface area contributed by atoms with Gasteiger partial charge in [-0.15, -0.1) is 0 Å². The Morgan fingerprint density at radius 2 is 1.89 bits per heavy atom. The Hall–Kier alpha value is -3.02. The van der Waals surface area contributed by atoms with Crippen molar-refractivity contribution in [1.29, 1.82) is 0 Å². The molecule has 2 atom stereocenters. The van der Waals surface area contributed by atoms with Gasteiger partial charge in [0.1, 0.15) is 0 Å². The third-order valence-electron chi connectivity index (χ3n) is 5.51. The number of rotatable bonds is 5. The molecule has 3 rings (SSSR count). The zero-order valence-electron chi connectivity index (χ0n) is 16.6. The molecule has 2 heterocycles. The van der Waals surface area contributed by atoms with Crippen LogP contribution in [0.3, 0.4) is 0 Å². The lowest BCUT2D eigenvalue weighted by atomic mass is 9.73. The van der Waals surface area contributed by atoms with Gasteiger partial charge in [-0.05, 0) is 62.1 Å². The second kappa shape index (κ2) is 7.54. The summed E-state index contributed by atoms with van der Waals surface area (Å²) in [5.41, 5.74) is 3.54. The first kappa shape index (κ1) is 19.7. The molecule has 1 aromatic carbocycles. The van der Waals surface area contributed by atoms with Crippen LogP contribution in [0.4, 0.5) is 0 Å². The summed E-state index contributed by atoms with van der Waals surface area (Å²) in [6.07, 6.45) is 0.179. The van der Waals surface area contributed by atoms with Crippen LogP contribution in [0.25, 0.3) is 0 Å². The van der Waals surface area contributed by atoms with E-state index in [0.29, 0.717) is 12.1 Å². The molecule has 0 unspecified atom stereocenters. The van der Waals surface area contributed by atoms with Gasteiger partial charge in [-0.2, -0.15) is 0 Å². The van der Waals surface area contributed by atoms with Gasteiger partial charge in [-0.25, -0.2) is 0 Å². The summed E-state index contributed by atoms with van der Waals surface area (Å²) in [5.74, 6) is -0.807. The molecule has 1 aliphatic heterocycles. The number of carbonyl (C=O) groups excluding carboxylic acids is 3. The Morgan fingerprint density at radius 3 is 2.46 bits per heavy atom. The predicted octanol–water partition coefficient (Wildman–Crippen LogP) is 2.78. The molecule has 1 aliphatic rings. The molecule has 1 aromatic heterocycles. The van der Waals surface area contributed by atoms with Crippen molar-refractivity contribution in [2.75, 3.05) is 0 Å². The van der Waals surface area contributed by atoms with Gasteiger partial charge in [-0.1, -0.05) is 19.1 Å². The molecule has 0 bridgehead atoms. The molecule has 6 nitrogen and oxygen atoms in total. The molecule has 0 saturated carbocycles. The molecule has 3 amide bonds. The standard InChI is InChI=1S/C22H25N3O3/c1-13-9-14(2)24-18(10-13)12-23-20(27)17-7-5-16(6-8-17)15(3)22(4)11-19(26)25-21(22)28/h5-10,15H,11-12H2,1-4H3,(H,23,27)(H,25,26,28)/t15-,22+/m1/s1. The molecular weight excluding hydrogens is 354 g/mol. The van der Waals surface area contributed by atoms with Crippen LogP contribution >= 0.6 is 0 Å². The Labute approximate surface area is 164 Å². The van der Waals surface area contributed by atoms with Crippen LogP contribution in [0.2, 0.25) is 0 Å². The normalized spacial score (nSPS) is 20.0. The summed E-state index contributed by atoms with van der Waals surface area (Å²) in [5, 5.41) is 5.26. The van der Waals surface area contributed by atoms with Gasteiger partial charge in [0.15, 0.2) is 0 Å². The number of nitrogens with one attached hydrogen (secondary N) is 2. The number of benzene rings is 1. The number of carbonyl (C=O) groups is 3. The summed E-state index contributed by atoms with van der Waals surface area (Å²) in [6, 6.07) is 11.1. The molecule has 0 radical (unpaired) electrons. The highest BCUT2D eigenvalue weighted by atomic mass is 16.2. The Bertz CT molecular complexity index is 916. The van der Waals surface area contributed by atoms with Gasteiger partial charge in [0.05, 0.1) is 17.7 Å². The highest BCUT2D eigenvalue weighted by Crippen LogP contribution is 2.41. The molecule has 2 aromatic rings. The fraction of sp³-hybridized carbons (Fsp3) is 0.364. The SMILES string of the molecule is Cc1cc(C)nc(CNC(=O)c2ccc([C@@H](C)[C@]3(C)CC(=O)NC3=O)cc2)c1. The van der Waals surface area contributed by atoms with Gasteiger partial charge < -0.3 is 5.32 Å². The van der Waals surface area contributed by atoms with Crippen molar-refractivity contribution in [3.05, 3.63) is 64.5 Å². The van der Waals surface area contributed by atoms with Crippen LogP contribution in [-0.2, 0) is 16.1 Å². The number of imide groups is 1. The summed E-state index contributed by atoms with van der Waals surface area (Å²) in [7, 11) is 0. The van der Waals surface area contributed by atoms with Gasteiger partial charge in [0.25, 0.3) is 5.91 Å². The van der Waals surface area contributed by atoms with E-state index in [4.69, 9.17) is 0 Å². The van der Waals surface area contributed by atoms with Crippen LogP contribution in [0, 0.1) is 19.3 Å². The van der Waals surface area contributed by atoms with E-state index in [1.807, 2.05) is 45.0 Å². The fourth-order valence-electron chi connectivity index (χ4n) is 3.66. The van der Waals surface area contributed by atoms with E-state index in [0.717, 1.165) is 22.5 Å². The van der Waals surface area contributed by atoms with Gasteiger partial charge >= 0.3 is 0 Å². The highest BCUT2D eigenvalue weighted by Gasteiger charge is 2.46. The van der Waals surface area contributed by atoms with Crippen LogP contribution < -0.4 is 10.6 Å². The number of aryl methyl sites for hydroxylation is 2. The molecule has 1 saturated heterocycles. The Morgan fingerprint density at radius 1 is 1.21 bits per heavy atom. The number of amides is 3. The van der Waals surface area contributed by atoms with Crippen molar-refractivity contribution in [2.24, 2.45) is 5.41 Å². The minimum absolute atomic E-state index is 0.143. The van der Waals surface area contributed by atoms with Crippen molar-refractivity contribution >= 4 is 17.7 Å². The van der Waals surface area contributed by atoms with Crippen LogP contribution in [-0.4, -0.2) is 22.7 Å². The maximum atomic E-state index is 12.4. The maximum Gasteiger partial charge on any atom is 0.251 e. The largest absolute Gasteiger partial charge is 0.346 e. The molecule has 2 N–H and O–H groups in total. The van der Waals surface area contributed by atoms with E-state index in [1.54, 1.807) is 19.1 Å². The van der Waals surface area contributed by atoms with Crippen LogP contribution in [0.15, 0.2) is 36.4 Å². The third-order valence-corrected chi connectivity index (χ3v) is 5.51. The zero-order chi connectivity index (χ0) is 20.5. The van der Waals surface area contributed by atoms with Gasteiger partial charge in [-0.3, -0.25) is 24.7 Å². The summed E-state index contributed by atoms with van der Waals surface area (Å²) >= 11 is 0. The molecular formula is C22H25N3O3. The van der Waals surface area contributed by atoms with Crippen molar-refractivity contribution in [3.63, 3.8) is 0 Å². The number of hydrogen-bond donors (Lipinski definition) is 2. The lowest BCUT2D eigenvalue weighted by Gasteiger charge is -2.28. The van der Waals surface area contributed by atoms with Gasteiger partial charge in [0.2, 0.25) is 11.8 Å². The Balaban J connectivity index is 1.67. The van der Waals surface area contributed by atoms with E-state index >= 15 is 0 Å². The molecule has 1 fully saturated rings. The van der Waals surface area contributed by atoms with E-state index in [1.165, 1.54) is 0 Å². The number of aromatic nitrogens is 1.